The highest BCUT2D eigenvalue weighted by atomic mass is 35.5. The predicted octanol–water partition coefficient (Wildman–Crippen LogP) is 3.47. The van der Waals surface area contributed by atoms with E-state index in [2.05, 4.69) is 10.3 Å². The van der Waals surface area contributed by atoms with Crippen molar-refractivity contribution in [2.45, 2.75) is 13.8 Å². The van der Waals surface area contributed by atoms with Crippen LogP contribution in [0, 0.1) is 0 Å². The molecular formula is C13H15ClN2O. The van der Waals surface area contributed by atoms with Gasteiger partial charge in [0.1, 0.15) is 5.84 Å². The second-order valence-electron chi connectivity index (χ2n) is 3.44. The summed E-state index contributed by atoms with van der Waals surface area (Å²) in [4.78, 5) is 15.5. The van der Waals surface area contributed by atoms with Crippen molar-refractivity contribution in [1.29, 1.82) is 0 Å². The largest absolute Gasteiger partial charge is 0.339 e. The van der Waals surface area contributed by atoms with E-state index in [9.17, 15) is 4.79 Å². The fraction of sp³-hybridized carbons (Fsp3) is 0.231. The van der Waals surface area contributed by atoms with Gasteiger partial charge >= 0.3 is 0 Å². The Balaban J connectivity index is 3.07. The van der Waals surface area contributed by atoms with E-state index >= 15 is 0 Å². The van der Waals surface area contributed by atoms with Gasteiger partial charge in [-0.1, -0.05) is 29.8 Å². The Morgan fingerprint density at radius 1 is 1.41 bits per heavy atom. The maximum Gasteiger partial charge on any atom is 0.161 e. The number of allylic oxidation sites excluding steroid dienone is 1. The predicted molar refractivity (Wildman–Crippen MR) is 73.0 cm³/mol. The molecule has 0 radical (unpaired) electrons. The maximum absolute atomic E-state index is 11.4. The van der Waals surface area contributed by atoms with E-state index in [1.807, 2.05) is 25.1 Å². The summed E-state index contributed by atoms with van der Waals surface area (Å²) in [5.41, 5.74) is 1.33. The summed E-state index contributed by atoms with van der Waals surface area (Å²) in [6.45, 7) is 3.35. The third-order valence-electron chi connectivity index (χ3n) is 2.26. The van der Waals surface area contributed by atoms with Crippen molar-refractivity contribution in [3.8, 4) is 0 Å². The zero-order valence-electron chi connectivity index (χ0n) is 10.1. The van der Waals surface area contributed by atoms with E-state index in [0.717, 1.165) is 0 Å². The van der Waals surface area contributed by atoms with Crippen molar-refractivity contribution >= 4 is 28.9 Å². The first-order chi connectivity index (χ1) is 8.10. The number of hydrogen-bond donors (Lipinski definition) is 1. The summed E-state index contributed by atoms with van der Waals surface area (Å²) in [5, 5.41) is 3.58. The van der Waals surface area contributed by atoms with Crippen LogP contribution < -0.4 is 5.32 Å². The molecule has 90 valence electrons. The van der Waals surface area contributed by atoms with E-state index in [-0.39, 0.29) is 5.78 Å². The van der Waals surface area contributed by atoms with Gasteiger partial charge in [-0.2, -0.15) is 0 Å². The number of Topliss-reactive ketones (excluding diaryl/α,β-unsaturated/α-hetero) is 1. The molecule has 0 saturated carbocycles. The molecule has 4 heteroatoms. The number of hydrogen-bond acceptors (Lipinski definition) is 2. The molecule has 0 atom stereocenters. The molecule has 1 aromatic rings. The first-order valence-electron chi connectivity index (χ1n) is 5.26. The molecular weight excluding hydrogens is 236 g/mol. The van der Waals surface area contributed by atoms with Gasteiger partial charge in [0, 0.05) is 12.6 Å². The lowest BCUT2D eigenvalue weighted by Crippen LogP contribution is -2.14. The number of halogens is 1. The summed E-state index contributed by atoms with van der Waals surface area (Å²) in [6, 6.07) is 7.26. The van der Waals surface area contributed by atoms with Crippen molar-refractivity contribution in [3.05, 3.63) is 40.9 Å². The highest BCUT2D eigenvalue weighted by Crippen LogP contribution is 2.17. The molecule has 0 unspecified atom stereocenters. The number of ketones is 1. The molecule has 0 saturated heterocycles. The molecule has 0 aliphatic heterocycles. The number of amidine groups is 1. The molecule has 0 fully saturated rings. The number of carbonyl (C=O) groups is 1. The zero-order chi connectivity index (χ0) is 12.8. The van der Waals surface area contributed by atoms with Crippen LogP contribution in [0.4, 0.5) is 5.69 Å². The highest BCUT2D eigenvalue weighted by molar-refractivity contribution is 6.45. The van der Waals surface area contributed by atoms with Crippen LogP contribution in [0.25, 0.3) is 0 Å². The lowest BCUT2D eigenvalue weighted by molar-refractivity contribution is 0.101. The van der Waals surface area contributed by atoms with E-state index in [1.165, 1.54) is 6.92 Å². The van der Waals surface area contributed by atoms with E-state index in [0.29, 0.717) is 22.1 Å². The molecule has 3 nitrogen and oxygen atoms in total. The van der Waals surface area contributed by atoms with Crippen molar-refractivity contribution in [2.75, 3.05) is 12.4 Å². The van der Waals surface area contributed by atoms with Gasteiger partial charge < -0.3 is 5.32 Å². The summed E-state index contributed by atoms with van der Waals surface area (Å²) in [7, 11) is 1.64. The minimum atomic E-state index is 0.000142. The lowest BCUT2D eigenvalue weighted by Gasteiger charge is -2.11. The van der Waals surface area contributed by atoms with Crippen molar-refractivity contribution in [2.24, 2.45) is 4.99 Å². The molecule has 0 amide bonds. The van der Waals surface area contributed by atoms with Crippen molar-refractivity contribution in [1.82, 2.24) is 0 Å². The maximum atomic E-state index is 11.4. The zero-order valence-corrected chi connectivity index (χ0v) is 10.9. The van der Waals surface area contributed by atoms with Crippen LogP contribution >= 0.6 is 11.6 Å². The standard InChI is InChI=1S/C13H15ClN2O/c1-4-11(14)13(15-3)16-12-8-6-5-7-10(12)9(2)17/h4-8H,1-3H3,(H,15,16)/b11-4+. The van der Waals surface area contributed by atoms with Crippen LogP contribution in [0.1, 0.15) is 24.2 Å². The number of rotatable bonds is 3. The number of aliphatic imine (C=N–C) groups is 1. The molecule has 0 bridgehead atoms. The summed E-state index contributed by atoms with van der Waals surface area (Å²) < 4.78 is 0. The molecule has 0 heterocycles. The highest BCUT2D eigenvalue weighted by Gasteiger charge is 2.09. The van der Waals surface area contributed by atoms with E-state index < -0.39 is 0 Å². The monoisotopic (exact) mass is 250 g/mol. The Morgan fingerprint density at radius 2 is 2.06 bits per heavy atom. The Labute approximate surface area is 106 Å². The fourth-order valence-corrected chi connectivity index (χ4v) is 1.52. The minimum absolute atomic E-state index is 0.000142. The Kier molecular flexibility index (Phi) is 4.91. The molecule has 1 N–H and O–H groups in total. The molecule has 0 aliphatic rings. The smallest absolute Gasteiger partial charge is 0.161 e. The summed E-state index contributed by atoms with van der Waals surface area (Å²) in [5.74, 6) is 0.544. The van der Waals surface area contributed by atoms with E-state index in [1.54, 1.807) is 19.2 Å². The van der Waals surface area contributed by atoms with Crippen LogP contribution in [0.15, 0.2) is 40.4 Å². The van der Waals surface area contributed by atoms with Gasteiger partial charge in [-0.25, -0.2) is 0 Å². The lowest BCUT2D eigenvalue weighted by atomic mass is 10.1. The van der Waals surface area contributed by atoms with Crippen LogP contribution in [0.5, 0.6) is 0 Å². The van der Waals surface area contributed by atoms with Crippen LogP contribution in [0.3, 0.4) is 0 Å². The Morgan fingerprint density at radius 3 is 2.59 bits per heavy atom. The third kappa shape index (κ3) is 3.43. The fourth-order valence-electron chi connectivity index (χ4n) is 1.39. The van der Waals surface area contributed by atoms with Crippen molar-refractivity contribution < 1.29 is 4.79 Å². The summed E-state index contributed by atoms with van der Waals surface area (Å²) in [6.07, 6.45) is 1.74. The van der Waals surface area contributed by atoms with Gasteiger partial charge in [-0.3, -0.25) is 9.79 Å². The molecule has 1 aromatic carbocycles. The SMILES string of the molecule is C/C=C(/Cl)C(=NC)Nc1ccccc1C(C)=O. The second kappa shape index (κ2) is 6.21. The number of carbonyl (C=O) groups excluding carboxylic acids is 1. The first-order valence-corrected chi connectivity index (χ1v) is 5.64. The van der Waals surface area contributed by atoms with Gasteiger partial charge in [0.25, 0.3) is 0 Å². The van der Waals surface area contributed by atoms with Gasteiger partial charge in [0.15, 0.2) is 5.78 Å². The van der Waals surface area contributed by atoms with Crippen LogP contribution in [-0.2, 0) is 0 Å². The Hall–Kier alpha value is -1.61. The van der Waals surface area contributed by atoms with E-state index in [4.69, 9.17) is 11.6 Å². The minimum Gasteiger partial charge on any atom is -0.339 e. The van der Waals surface area contributed by atoms with Gasteiger partial charge in [-0.05, 0) is 26.0 Å². The molecule has 0 aliphatic carbocycles. The van der Waals surface area contributed by atoms with Gasteiger partial charge in [-0.15, -0.1) is 0 Å². The molecule has 0 spiro atoms. The molecule has 17 heavy (non-hydrogen) atoms. The average Bonchev–Trinajstić information content (AvgIpc) is 2.35. The van der Waals surface area contributed by atoms with Crippen LogP contribution in [0.2, 0.25) is 0 Å². The third-order valence-corrected chi connectivity index (χ3v) is 2.66. The molecule has 1 rings (SSSR count). The number of nitrogens with one attached hydrogen (secondary N) is 1. The molecule has 0 aromatic heterocycles. The number of nitrogens with zero attached hydrogens (tertiary/aromatic N) is 1. The Bertz CT molecular complexity index is 478. The number of para-hydroxylation sites is 1. The van der Waals surface area contributed by atoms with Crippen molar-refractivity contribution in [3.63, 3.8) is 0 Å². The number of benzene rings is 1. The number of anilines is 1. The first kappa shape index (κ1) is 13.5. The van der Waals surface area contributed by atoms with Gasteiger partial charge in [0.05, 0.1) is 10.7 Å². The summed E-state index contributed by atoms with van der Waals surface area (Å²) >= 11 is 6.00. The quantitative estimate of drug-likeness (QED) is 0.507. The van der Waals surface area contributed by atoms with Crippen LogP contribution in [-0.4, -0.2) is 18.7 Å². The second-order valence-corrected chi connectivity index (χ2v) is 3.84. The normalized spacial score (nSPS) is 12.5. The average molecular weight is 251 g/mol. The topological polar surface area (TPSA) is 41.5 Å². The van der Waals surface area contributed by atoms with Gasteiger partial charge in [0.2, 0.25) is 0 Å².